The summed E-state index contributed by atoms with van der Waals surface area (Å²) >= 11 is 0. The molecular formula is C14H14F2N2O3. The van der Waals surface area contributed by atoms with Crippen LogP contribution in [0.25, 0.3) is 0 Å². The SMILES string of the molecule is CC(CCc1c(F)cccc1F)(On1cccn1)C(=O)O. The lowest BCUT2D eigenvalue weighted by atomic mass is 9.96. The molecule has 112 valence electrons. The molecule has 1 aromatic carbocycles. The fraction of sp³-hybridized carbons (Fsp3) is 0.286. The zero-order valence-corrected chi connectivity index (χ0v) is 11.3. The molecule has 0 bridgehead atoms. The van der Waals surface area contributed by atoms with Gasteiger partial charge in [-0.05, 0) is 31.5 Å². The van der Waals surface area contributed by atoms with Gasteiger partial charge in [-0.25, -0.2) is 13.6 Å². The molecule has 2 rings (SSSR count). The van der Waals surface area contributed by atoms with Crippen LogP contribution in [0.15, 0.2) is 36.7 Å². The lowest BCUT2D eigenvalue weighted by Crippen LogP contribution is -2.46. The molecule has 0 fully saturated rings. The summed E-state index contributed by atoms with van der Waals surface area (Å²) in [5.41, 5.74) is -1.81. The number of hydrogen-bond acceptors (Lipinski definition) is 3. The third kappa shape index (κ3) is 3.36. The van der Waals surface area contributed by atoms with Crippen molar-refractivity contribution in [2.75, 3.05) is 0 Å². The van der Waals surface area contributed by atoms with Crippen LogP contribution in [0.4, 0.5) is 8.78 Å². The van der Waals surface area contributed by atoms with Gasteiger partial charge in [0.15, 0.2) is 0 Å². The Morgan fingerprint density at radius 1 is 1.38 bits per heavy atom. The lowest BCUT2D eigenvalue weighted by molar-refractivity contribution is -0.167. The van der Waals surface area contributed by atoms with Crippen molar-refractivity contribution in [2.45, 2.75) is 25.4 Å². The minimum absolute atomic E-state index is 0.109. The minimum atomic E-state index is -1.65. The molecule has 1 unspecified atom stereocenters. The van der Waals surface area contributed by atoms with Gasteiger partial charge in [0.1, 0.15) is 11.6 Å². The van der Waals surface area contributed by atoms with Crippen molar-refractivity contribution in [1.82, 2.24) is 9.94 Å². The number of carboxylic acid groups (broad SMARTS) is 1. The first-order valence-electron chi connectivity index (χ1n) is 6.28. The van der Waals surface area contributed by atoms with Crippen LogP contribution in [0.5, 0.6) is 0 Å². The number of aromatic nitrogens is 2. The van der Waals surface area contributed by atoms with E-state index in [4.69, 9.17) is 4.84 Å². The fourth-order valence-corrected chi connectivity index (χ4v) is 1.84. The van der Waals surface area contributed by atoms with Gasteiger partial charge in [0.05, 0.1) is 12.4 Å². The van der Waals surface area contributed by atoms with E-state index < -0.39 is 23.2 Å². The third-order valence-corrected chi connectivity index (χ3v) is 3.14. The zero-order valence-electron chi connectivity index (χ0n) is 11.3. The van der Waals surface area contributed by atoms with Gasteiger partial charge in [-0.15, -0.1) is 9.94 Å². The van der Waals surface area contributed by atoms with Crippen molar-refractivity contribution in [3.8, 4) is 0 Å². The van der Waals surface area contributed by atoms with Gasteiger partial charge in [-0.3, -0.25) is 0 Å². The van der Waals surface area contributed by atoms with Crippen molar-refractivity contribution in [1.29, 1.82) is 0 Å². The number of halogens is 2. The summed E-state index contributed by atoms with van der Waals surface area (Å²) in [5.74, 6) is -2.65. The highest BCUT2D eigenvalue weighted by Crippen LogP contribution is 2.20. The van der Waals surface area contributed by atoms with Crippen molar-refractivity contribution < 1.29 is 23.5 Å². The predicted molar refractivity (Wildman–Crippen MR) is 69.5 cm³/mol. The number of aliphatic carboxylic acids is 1. The van der Waals surface area contributed by atoms with Crippen LogP contribution < -0.4 is 4.84 Å². The zero-order chi connectivity index (χ0) is 15.5. The maximum Gasteiger partial charge on any atom is 0.350 e. The molecule has 0 aliphatic carbocycles. The number of rotatable bonds is 6. The first kappa shape index (κ1) is 15.0. The average molecular weight is 296 g/mol. The molecule has 1 N–H and O–H groups in total. The largest absolute Gasteiger partial charge is 0.478 e. The first-order valence-corrected chi connectivity index (χ1v) is 6.28. The predicted octanol–water partition coefficient (Wildman–Crippen LogP) is 2.07. The summed E-state index contributed by atoms with van der Waals surface area (Å²) in [4.78, 5) is 17.7. The van der Waals surface area contributed by atoms with Gasteiger partial charge >= 0.3 is 5.97 Å². The topological polar surface area (TPSA) is 64.4 Å². The second-order valence-electron chi connectivity index (χ2n) is 4.74. The Bertz CT molecular complexity index is 611. The molecule has 1 aromatic heterocycles. The minimum Gasteiger partial charge on any atom is -0.478 e. The Kier molecular flexibility index (Phi) is 4.21. The Morgan fingerprint density at radius 2 is 2.05 bits per heavy atom. The van der Waals surface area contributed by atoms with E-state index in [0.29, 0.717) is 0 Å². The van der Waals surface area contributed by atoms with Crippen LogP contribution in [0.3, 0.4) is 0 Å². The van der Waals surface area contributed by atoms with Gasteiger partial charge in [-0.1, -0.05) is 6.07 Å². The second kappa shape index (κ2) is 5.90. The summed E-state index contributed by atoms with van der Waals surface area (Å²) < 4.78 is 27.1. The number of carbonyl (C=O) groups is 1. The Morgan fingerprint density at radius 3 is 2.57 bits per heavy atom. The molecule has 0 saturated heterocycles. The van der Waals surface area contributed by atoms with Gasteiger partial charge in [0.25, 0.3) is 0 Å². The molecule has 0 spiro atoms. The first-order chi connectivity index (χ1) is 9.92. The Hall–Kier alpha value is -2.44. The molecule has 7 heteroatoms. The van der Waals surface area contributed by atoms with E-state index in [1.807, 2.05) is 0 Å². The van der Waals surface area contributed by atoms with Crippen LogP contribution in [-0.2, 0) is 11.2 Å². The monoisotopic (exact) mass is 296 g/mol. The van der Waals surface area contributed by atoms with Crippen LogP contribution >= 0.6 is 0 Å². The van der Waals surface area contributed by atoms with Crippen LogP contribution in [-0.4, -0.2) is 26.6 Å². The summed E-state index contributed by atoms with van der Waals surface area (Å²) in [7, 11) is 0. The van der Waals surface area contributed by atoms with Gasteiger partial charge in [-0.2, -0.15) is 0 Å². The molecular weight excluding hydrogens is 282 g/mol. The fourth-order valence-electron chi connectivity index (χ4n) is 1.84. The molecule has 21 heavy (non-hydrogen) atoms. The van der Waals surface area contributed by atoms with Gasteiger partial charge in [0.2, 0.25) is 5.60 Å². The number of carboxylic acids is 1. The van der Waals surface area contributed by atoms with E-state index in [9.17, 15) is 18.7 Å². The van der Waals surface area contributed by atoms with E-state index in [0.717, 1.165) is 17.0 Å². The second-order valence-corrected chi connectivity index (χ2v) is 4.74. The molecule has 1 atom stereocenters. The highest BCUT2D eigenvalue weighted by Gasteiger charge is 2.37. The van der Waals surface area contributed by atoms with Gasteiger partial charge < -0.3 is 9.94 Å². The smallest absolute Gasteiger partial charge is 0.350 e. The third-order valence-electron chi connectivity index (χ3n) is 3.14. The van der Waals surface area contributed by atoms with E-state index in [1.54, 1.807) is 6.07 Å². The average Bonchev–Trinajstić information content (AvgIpc) is 2.90. The molecule has 0 aliphatic rings. The van der Waals surface area contributed by atoms with Crippen LogP contribution in [0.1, 0.15) is 18.9 Å². The Balaban J connectivity index is 2.15. The summed E-state index contributed by atoms with van der Waals surface area (Å²) in [6, 6.07) is 5.08. The molecule has 0 saturated carbocycles. The summed E-state index contributed by atoms with van der Waals surface area (Å²) in [5, 5.41) is 13.1. The summed E-state index contributed by atoms with van der Waals surface area (Å²) in [6.07, 6.45) is 2.65. The molecule has 0 aliphatic heterocycles. The quantitative estimate of drug-likeness (QED) is 0.886. The van der Waals surface area contributed by atoms with Crippen molar-refractivity contribution in [3.63, 3.8) is 0 Å². The van der Waals surface area contributed by atoms with Crippen molar-refractivity contribution in [2.24, 2.45) is 0 Å². The molecule has 0 radical (unpaired) electrons. The maximum absolute atomic E-state index is 13.6. The number of hydrogen-bond donors (Lipinski definition) is 1. The van der Waals surface area contributed by atoms with Gasteiger partial charge in [0, 0.05) is 12.0 Å². The van der Waals surface area contributed by atoms with E-state index >= 15 is 0 Å². The molecule has 0 amide bonds. The lowest BCUT2D eigenvalue weighted by Gasteiger charge is -2.25. The number of nitrogens with zero attached hydrogens (tertiary/aromatic N) is 2. The van der Waals surface area contributed by atoms with E-state index in [-0.39, 0.29) is 18.4 Å². The maximum atomic E-state index is 13.6. The molecule has 1 heterocycles. The van der Waals surface area contributed by atoms with Crippen molar-refractivity contribution >= 4 is 5.97 Å². The normalized spacial score (nSPS) is 13.7. The van der Waals surface area contributed by atoms with Crippen LogP contribution in [0, 0.1) is 11.6 Å². The highest BCUT2D eigenvalue weighted by atomic mass is 19.1. The Labute approximate surface area is 119 Å². The van der Waals surface area contributed by atoms with E-state index in [2.05, 4.69) is 5.10 Å². The van der Waals surface area contributed by atoms with E-state index in [1.165, 1.54) is 25.4 Å². The number of benzene rings is 1. The standard InChI is InChI=1S/C14H14F2N2O3/c1-14(13(19)20,21-18-9-3-8-17-18)7-6-10-11(15)4-2-5-12(10)16/h2-5,8-9H,6-7H2,1H3,(H,19,20). The highest BCUT2D eigenvalue weighted by molar-refractivity contribution is 5.76. The van der Waals surface area contributed by atoms with Crippen molar-refractivity contribution in [3.05, 3.63) is 53.9 Å². The molecule has 5 nitrogen and oxygen atoms in total. The molecule has 2 aromatic rings. The van der Waals surface area contributed by atoms with Crippen LogP contribution in [0.2, 0.25) is 0 Å². The summed E-state index contributed by atoms with van der Waals surface area (Å²) in [6.45, 7) is 1.33.